The van der Waals surface area contributed by atoms with E-state index in [1.54, 1.807) is 18.0 Å². The number of nitrogens with two attached hydrogens (primary N) is 1. The molecule has 0 bridgehead atoms. The number of nitrogens with zero attached hydrogens (tertiary/aromatic N) is 2. The van der Waals surface area contributed by atoms with Crippen LogP contribution in [0.15, 0.2) is 26.7 Å². The molecule has 0 saturated carbocycles. The lowest BCUT2D eigenvalue weighted by Gasteiger charge is -2.10. The Kier molecular flexibility index (Phi) is 4.37. The van der Waals surface area contributed by atoms with Gasteiger partial charge < -0.3 is 10.2 Å². The molecule has 2 N–H and O–H groups in total. The second-order valence-corrected chi connectivity index (χ2v) is 5.84. The number of hydrogen-bond acceptors (Lipinski definition) is 4. The van der Waals surface area contributed by atoms with Crippen LogP contribution in [-0.2, 0) is 13.5 Å². The minimum atomic E-state index is 0.188. The van der Waals surface area contributed by atoms with Crippen molar-refractivity contribution in [1.29, 1.82) is 0 Å². The van der Waals surface area contributed by atoms with Crippen molar-refractivity contribution in [3.05, 3.63) is 29.3 Å². The monoisotopic (exact) mass is 279 g/mol. The summed E-state index contributed by atoms with van der Waals surface area (Å²) in [6, 6.07) is 2.18. The highest BCUT2D eigenvalue weighted by Crippen LogP contribution is 2.34. The second kappa shape index (κ2) is 5.84. The molecule has 19 heavy (non-hydrogen) atoms. The smallest absolute Gasteiger partial charge is 0.114 e. The quantitative estimate of drug-likeness (QED) is 0.914. The van der Waals surface area contributed by atoms with Gasteiger partial charge >= 0.3 is 0 Å². The molecule has 4 nitrogen and oxygen atoms in total. The van der Waals surface area contributed by atoms with Crippen LogP contribution >= 0.6 is 11.8 Å². The van der Waals surface area contributed by atoms with Gasteiger partial charge in [0.05, 0.1) is 16.9 Å². The second-order valence-electron chi connectivity index (χ2n) is 4.81. The Morgan fingerprint density at radius 1 is 1.47 bits per heavy atom. The van der Waals surface area contributed by atoms with Crippen molar-refractivity contribution in [2.45, 2.75) is 49.6 Å². The van der Waals surface area contributed by atoms with Gasteiger partial charge in [0.25, 0.3) is 0 Å². The Labute approximate surface area is 118 Å². The molecule has 1 unspecified atom stereocenters. The first-order valence-corrected chi connectivity index (χ1v) is 7.34. The lowest BCUT2D eigenvalue weighted by atomic mass is 10.1. The summed E-state index contributed by atoms with van der Waals surface area (Å²) < 4.78 is 7.28. The molecular formula is C14H21N3OS. The molecular weight excluding hydrogens is 258 g/mol. The van der Waals surface area contributed by atoms with Gasteiger partial charge in [-0.05, 0) is 32.8 Å². The Bertz CT molecular complexity index is 559. The van der Waals surface area contributed by atoms with E-state index in [1.807, 2.05) is 31.6 Å². The van der Waals surface area contributed by atoms with E-state index < -0.39 is 0 Å². The highest BCUT2D eigenvalue weighted by Gasteiger charge is 2.17. The van der Waals surface area contributed by atoms with Gasteiger partial charge in [-0.3, -0.25) is 4.68 Å². The van der Waals surface area contributed by atoms with Crippen LogP contribution in [0.2, 0.25) is 0 Å². The zero-order valence-corrected chi connectivity index (χ0v) is 12.8. The Morgan fingerprint density at radius 2 is 2.21 bits per heavy atom. The van der Waals surface area contributed by atoms with Crippen LogP contribution in [0.25, 0.3) is 0 Å². The van der Waals surface area contributed by atoms with E-state index in [0.717, 1.165) is 34.2 Å². The predicted molar refractivity (Wildman–Crippen MR) is 77.5 cm³/mol. The molecule has 0 aliphatic carbocycles. The van der Waals surface area contributed by atoms with Crippen molar-refractivity contribution in [3.63, 3.8) is 0 Å². The first kappa shape index (κ1) is 14.2. The third kappa shape index (κ3) is 3.04. The van der Waals surface area contributed by atoms with Crippen LogP contribution < -0.4 is 5.73 Å². The zero-order valence-electron chi connectivity index (χ0n) is 11.9. The molecule has 0 saturated heterocycles. The molecule has 2 aromatic rings. The molecule has 0 aromatic carbocycles. The fourth-order valence-corrected chi connectivity index (χ4v) is 3.08. The van der Waals surface area contributed by atoms with Crippen molar-refractivity contribution >= 4 is 11.8 Å². The summed E-state index contributed by atoms with van der Waals surface area (Å²) in [4.78, 5) is 1.13. The van der Waals surface area contributed by atoms with Crippen LogP contribution in [0.4, 0.5) is 0 Å². The first-order chi connectivity index (χ1) is 9.02. The van der Waals surface area contributed by atoms with E-state index in [-0.39, 0.29) is 6.04 Å². The van der Waals surface area contributed by atoms with Crippen LogP contribution in [0.5, 0.6) is 0 Å². The highest BCUT2D eigenvalue weighted by molar-refractivity contribution is 7.99. The van der Waals surface area contributed by atoms with Crippen LogP contribution in [-0.4, -0.2) is 15.8 Å². The van der Waals surface area contributed by atoms with Crippen molar-refractivity contribution in [1.82, 2.24) is 9.78 Å². The largest absolute Gasteiger partial charge is 0.468 e. The topological polar surface area (TPSA) is 57.0 Å². The molecule has 2 heterocycles. The minimum absolute atomic E-state index is 0.188. The summed E-state index contributed by atoms with van der Waals surface area (Å²) >= 11 is 1.70. The summed E-state index contributed by atoms with van der Waals surface area (Å²) in [5.41, 5.74) is 8.41. The summed E-state index contributed by atoms with van der Waals surface area (Å²) in [5.74, 6) is 0.939. The normalized spacial score (nSPS) is 12.9. The van der Waals surface area contributed by atoms with E-state index in [2.05, 4.69) is 12.0 Å². The molecule has 0 aliphatic rings. The molecule has 104 valence electrons. The molecule has 0 spiro atoms. The maximum atomic E-state index is 6.09. The molecule has 2 rings (SSSR count). The van der Waals surface area contributed by atoms with E-state index in [9.17, 15) is 0 Å². The summed E-state index contributed by atoms with van der Waals surface area (Å²) in [7, 11) is 1.98. The molecule has 1 atom stereocenters. The van der Waals surface area contributed by atoms with Gasteiger partial charge in [0, 0.05) is 18.7 Å². The Hall–Kier alpha value is -1.20. The van der Waals surface area contributed by atoms with Gasteiger partial charge in [-0.25, -0.2) is 0 Å². The van der Waals surface area contributed by atoms with Gasteiger partial charge in [-0.2, -0.15) is 5.10 Å². The average molecular weight is 279 g/mol. The SMILES string of the molecule is CCC(N)Cc1c(C)nn(C)c1Sc1ccoc1C. The van der Waals surface area contributed by atoms with E-state index in [0.29, 0.717) is 0 Å². The number of hydrogen-bond donors (Lipinski definition) is 1. The van der Waals surface area contributed by atoms with Gasteiger partial charge in [0.1, 0.15) is 10.8 Å². The van der Waals surface area contributed by atoms with Gasteiger partial charge in [0.2, 0.25) is 0 Å². The summed E-state index contributed by atoms with van der Waals surface area (Å²) in [5, 5.41) is 5.68. The Morgan fingerprint density at radius 3 is 2.79 bits per heavy atom. The Balaban J connectivity index is 2.31. The van der Waals surface area contributed by atoms with Crippen molar-refractivity contribution < 1.29 is 4.42 Å². The lowest BCUT2D eigenvalue weighted by Crippen LogP contribution is -2.21. The van der Waals surface area contributed by atoms with Crippen molar-refractivity contribution in [2.75, 3.05) is 0 Å². The van der Waals surface area contributed by atoms with Gasteiger partial charge in [0.15, 0.2) is 0 Å². The van der Waals surface area contributed by atoms with Gasteiger partial charge in [-0.15, -0.1) is 0 Å². The maximum Gasteiger partial charge on any atom is 0.114 e. The van der Waals surface area contributed by atoms with Gasteiger partial charge in [-0.1, -0.05) is 18.7 Å². The highest BCUT2D eigenvalue weighted by atomic mass is 32.2. The number of aromatic nitrogens is 2. The lowest BCUT2D eigenvalue weighted by molar-refractivity contribution is 0.526. The van der Waals surface area contributed by atoms with Crippen LogP contribution in [0.3, 0.4) is 0 Å². The number of rotatable bonds is 5. The third-order valence-corrected chi connectivity index (χ3v) is 4.64. The minimum Gasteiger partial charge on any atom is -0.468 e. The predicted octanol–water partition coefficient (Wildman–Crippen LogP) is 3.06. The molecule has 5 heteroatoms. The van der Waals surface area contributed by atoms with E-state index in [1.165, 1.54) is 5.56 Å². The molecule has 0 aliphatic heterocycles. The summed E-state index contributed by atoms with van der Waals surface area (Å²) in [6.45, 7) is 6.14. The van der Waals surface area contributed by atoms with Crippen molar-refractivity contribution in [3.8, 4) is 0 Å². The van der Waals surface area contributed by atoms with E-state index in [4.69, 9.17) is 10.2 Å². The maximum absolute atomic E-state index is 6.09. The molecule has 0 amide bonds. The third-order valence-electron chi connectivity index (χ3n) is 3.30. The number of furan rings is 1. The van der Waals surface area contributed by atoms with Crippen molar-refractivity contribution in [2.24, 2.45) is 12.8 Å². The zero-order chi connectivity index (χ0) is 14.0. The fourth-order valence-electron chi connectivity index (χ4n) is 2.03. The fraction of sp³-hybridized carbons (Fsp3) is 0.500. The molecule has 2 aromatic heterocycles. The summed E-state index contributed by atoms with van der Waals surface area (Å²) in [6.07, 6.45) is 3.57. The molecule has 0 radical (unpaired) electrons. The molecule has 0 fully saturated rings. The van der Waals surface area contributed by atoms with Crippen LogP contribution in [0.1, 0.15) is 30.4 Å². The first-order valence-electron chi connectivity index (χ1n) is 6.53. The number of aryl methyl sites for hydroxylation is 3. The van der Waals surface area contributed by atoms with E-state index >= 15 is 0 Å². The average Bonchev–Trinajstić information content (AvgIpc) is 2.88. The standard InChI is InChI=1S/C14H21N3OS/c1-5-11(15)8-12-9(2)16-17(4)14(12)19-13-6-7-18-10(13)3/h6-7,11H,5,8,15H2,1-4H3. The van der Waals surface area contributed by atoms with Crippen LogP contribution in [0, 0.1) is 13.8 Å².